The summed E-state index contributed by atoms with van der Waals surface area (Å²) in [7, 11) is 0. The van der Waals surface area contributed by atoms with Crippen LogP contribution in [0.1, 0.15) is 69.1 Å². The molecule has 0 amide bonds. The minimum Gasteiger partial charge on any atom is -0.459 e. The van der Waals surface area contributed by atoms with Crippen LogP contribution in [-0.4, -0.2) is 126 Å². The lowest BCUT2D eigenvalue weighted by molar-refractivity contribution is -0.357. The van der Waals surface area contributed by atoms with Crippen molar-refractivity contribution in [3.8, 4) is 0 Å². The molecule has 0 unspecified atom stereocenters. The molecule has 22 heteroatoms. The Morgan fingerprint density at radius 3 is 0.988 bits per heavy atom. The summed E-state index contributed by atoms with van der Waals surface area (Å²) in [5.74, 6) is -8.02. The summed E-state index contributed by atoms with van der Waals surface area (Å²) in [5.41, 5.74) is 0.136. The average molecular weight is 1150 g/mol. The maximum atomic E-state index is 14.5. The fourth-order valence-corrected chi connectivity index (χ4v) is 8.41. The van der Waals surface area contributed by atoms with Crippen LogP contribution < -0.4 is 0 Å². The lowest BCUT2D eigenvalue weighted by Crippen LogP contribution is -2.67. The van der Waals surface area contributed by atoms with Gasteiger partial charge < -0.3 is 52.1 Å². The van der Waals surface area contributed by atoms with E-state index in [-0.39, 0.29) is 33.4 Å². The molecule has 0 saturated carbocycles. The fourth-order valence-electron chi connectivity index (χ4n) is 8.28. The van der Waals surface area contributed by atoms with Gasteiger partial charge in [0.25, 0.3) is 3.79 Å². The maximum absolute atomic E-state index is 14.5. The highest BCUT2D eigenvalue weighted by Gasteiger charge is 2.59. The molecule has 0 bridgehead atoms. The summed E-state index contributed by atoms with van der Waals surface area (Å²) in [5, 5.41) is 8.75. The van der Waals surface area contributed by atoms with Crippen molar-refractivity contribution in [1.29, 1.82) is 5.41 Å². The molecule has 6 aromatic carbocycles. The highest BCUT2D eigenvalue weighted by molar-refractivity contribution is 6.76. The van der Waals surface area contributed by atoms with Gasteiger partial charge in [-0.25, -0.2) is 28.8 Å². The molecule has 2 saturated heterocycles. The molecule has 8 rings (SSSR count). The number of esters is 7. The predicted octanol–water partition coefficient (Wildman–Crippen LogP) is 8.73. The monoisotopic (exact) mass is 1150 g/mol. The molecule has 80 heavy (non-hydrogen) atoms. The average Bonchev–Trinajstić information content (AvgIpc) is 3.53. The number of hydrogen-bond acceptors (Lipinski definition) is 19. The molecule has 2 aliphatic rings. The van der Waals surface area contributed by atoms with Crippen LogP contribution in [0.3, 0.4) is 0 Å². The third-order valence-corrected chi connectivity index (χ3v) is 12.6. The van der Waals surface area contributed by atoms with Crippen LogP contribution >= 0.6 is 34.8 Å². The number of hydrogen-bond donors (Lipinski definition) is 1. The molecule has 0 radical (unpaired) electrons. The van der Waals surface area contributed by atoms with E-state index in [4.69, 9.17) is 92.3 Å². The number of ether oxygens (including phenoxy) is 11. The lowest BCUT2D eigenvalue weighted by atomic mass is 9.96. The van der Waals surface area contributed by atoms with Crippen molar-refractivity contribution in [1.82, 2.24) is 0 Å². The van der Waals surface area contributed by atoms with Crippen molar-refractivity contribution < 1.29 is 85.7 Å². The molecule has 2 heterocycles. The van der Waals surface area contributed by atoms with Gasteiger partial charge in [-0.15, -0.1) is 0 Å². The zero-order valence-corrected chi connectivity index (χ0v) is 44.3. The van der Waals surface area contributed by atoms with Crippen molar-refractivity contribution in [2.45, 2.75) is 72.1 Å². The van der Waals surface area contributed by atoms with Crippen LogP contribution in [0.4, 0.5) is 0 Å². The largest absolute Gasteiger partial charge is 0.459 e. The Hall–Kier alpha value is -8.17. The van der Waals surface area contributed by atoms with Gasteiger partial charge in [-0.1, -0.05) is 144 Å². The minimum atomic E-state index is -2.63. The van der Waals surface area contributed by atoms with E-state index in [1.165, 1.54) is 84.9 Å². The summed E-state index contributed by atoms with van der Waals surface area (Å²) < 4.78 is 65.0. The molecule has 10 atom stereocenters. The molecular weight excluding hydrogens is 1100 g/mol. The number of alkyl halides is 3. The van der Waals surface area contributed by atoms with Crippen molar-refractivity contribution in [2.75, 3.05) is 13.2 Å². The van der Waals surface area contributed by atoms with E-state index < -0.39 is 126 Å². The normalized spacial score (nSPS) is 22.4. The summed E-state index contributed by atoms with van der Waals surface area (Å²) in [4.78, 5) is 97.6. The summed E-state index contributed by atoms with van der Waals surface area (Å²) >= 11 is 18.6. The number of halogens is 3. The first kappa shape index (κ1) is 58.0. The highest BCUT2D eigenvalue weighted by Crippen LogP contribution is 2.38. The Morgan fingerprint density at radius 1 is 0.388 bits per heavy atom. The summed E-state index contributed by atoms with van der Waals surface area (Å²) in [6, 6.07) is 45.8. The summed E-state index contributed by atoms with van der Waals surface area (Å²) in [6.45, 7) is -0.566. The molecule has 0 aromatic heterocycles. The van der Waals surface area contributed by atoms with Crippen molar-refractivity contribution in [2.24, 2.45) is 0 Å². The van der Waals surface area contributed by atoms with Crippen LogP contribution in [0.5, 0.6) is 0 Å². The number of carbonyl (C=O) groups excluding carboxylic acids is 7. The van der Waals surface area contributed by atoms with Gasteiger partial charge in [0.15, 0.2) is 42.9 Å². The second-order valence-electron chi connectivity index (χ2n) is 17.6. The molecular formula is C58H48Cl3NO18. The number of rotatable bonds is 18. The SMILES string of the molecule is CC(=O)O[C@@H]1[C@@H](O[C@@H]2[C@@H](OC(=N)C(Cl)(Cl)Cl)O[C@H](COC(=O)c3ccccc3)[C@@H](OC(=O)c3ccccc3)[C@@H]2OC(=O)c2ccccc2)O[C@H](COC(=O)c2ccccc2)[C@@H](OC(=O)c2ccccc2)[C@@H]1OC(=O)c1ccccc1. The van der Waals surface area contributed by atoms with Gasteiger partial charge in [0.1, 0.15) is 25.4 Å². The van der Waals surface area contributed by atoms with E-state index in [2.05, 4.69) is 0 Å². The Labute approximate surface area is 472 Å². The first-order valence-corrected chi connectivity index (χ1v) is 25.6. The van der Waals surface area contributed by atoms with E-state index in [1.54, 1.807) is 97.1 Å². The van der Waals surface area contributed by atoms with Crippen LogP contribution in [0.25, 0.3) is 0 Å². The van der Waals surface area contributed by atoms with Gasteiger partial charge in [0.05, 0.1) is 33.4 Å². The molecule has 6 aromatic rings. The topological polar surface area (TPSA) is 245 Å². The molecule has 19 nitrogen and oxygen atoms in total. The zero-order valence-electron chi connectivity index (χ0n) is 42.0. The lowest BCUT2D eigenvalue weighted by Gasteiger charge is -2.48. The predicted molar refractivity (Wildman–Crippen MR) is 283 cm³/mol. The van der Waals surface area contributed by atoms with Crippen molar-refractivity contribution in [3.05, 3.63) is 215 Å². The molecule has 0 spiro atoms. The highest BCUT2D eigenvalue weighted by atomic mass is 35.6. The molecule has 1 N–H and O–H groups in total. The van der Waals surface area contributed by atoms with Crippen LogP contribution in [-0.2, 0) is 56.9 Å². The number of nitrogens with one attached hydrogen (secondary N) is 1. The van der Waals surface area contributed by atoms with E-state index in [0.717, 1.165) is 6.92 Å². The third kappa shape index (κ3) is 15.1. The first-order valence-electron chi connectivity index (χ1n) is 24.5. The molecule has 2 fully saturated rings. The standard InChI is InChI=1S/C58H48Cl3NO18/c1-34(63)72-47-45(77-53(68)39-28-16-6-17-29-39)43(75-51(66)37-24-12-4-13-25-37)41(32-70-49(64)35-20-8-2-9-21-35)73-55(47)79-48-46(78-54(69)40-30-18-7-19-31-40)44(76-52(67)38-26-14-5-15-27-38)42(74-56(48)80-57(62)58(59,60)61)33-71-50(65)36-22-10-3-11-23-36/h2-31,41-48,55-56,62H,32-33H2,1H3/t41-,42-,43-,44-,45+,46+,47+,48+,55-,56-/m1/s1. The quantitative estimate of drug-likeness (QED) is 0.0278. The van der Waals surface area contributed by atoms with Gasteiger partial charge in [-0.3, -0.25) is 10.2 Å². The fraction of sp³-hybridized carbons (Fsp3) is 0.241. The first-order chi connectivity index (χ1) is 38.5. The number of benzene rings is 6. The van der Waals surface area contributed by atoms with Crippen LogP contribution in [0.2, 0.25) is 0 Å². The maximum Gasteiger partial charge on any atom is 0.338 e. The van der Waals surface area contributed by atoms with Crippen molar-refractivity contribution in [3.63, 3.8) is 0 Å². The van der Waals surface area contributed by atoms with E-state index >= 15 is 0 Å². The molecule has 414 valence electrons. The Kier molecular flexibility index (Phi) is 19.7. The summed E-state index contributed by atoms with van der Waals surface area (Å²) in [6.07, 6.45) is -19.5. The minimum absolute atomic E-state index is 0.00733. The van der Waals surface area contributed by atoms with E-state index in [9.17, 15) is 33.6 Å². The second kappa shape index (κ2) is 27.1. The van der Waals surface area contributed by atoms with Gasteiger partial charge in [0.2, 0.25) is 12.2 Å². The van der Waals surface area contributed by atoms with Gasteiger partial charge >= 0.3 is 41.8 Å². The smallest absolute Gasteiger partial charge is 0.338 e. The molecule has 0 aliphatic carbocycles. The zero-order chi connectivity index (χ0) is 56.8. The van der Waals surface area contributed by atoms with Gasteiger partial charge in [-0.2, -0.15) is 0 Å². The number of carbonyl (C=O) groups is 7. The van der Waals surface area contributed by atoms with E-state index in [1.807, 2.05) is 0 Å². The Balaban J connectivity index is 1.28. The third-order valence-electron chi connectivity index (χ3n) is 12.1. The van der Waals surface area contributed by atoms with Crippen molar-refractivity contribution >= 4 is 82.5 Å². The molecule has 2 aliphatic heterocycles. The van der Waals surface area contributed by atoms with Crippen LogP contribution in [0.15, 0.2) is 182 Å². The Morgan fingerprint density at radius 2 is 0.675 bits per heavy atom. The van der Waals surface area contributed by atoms with Crippen LogP contribution in [0, 0.1) is 5.41 Å². The van der Waals surface area contributed by atoms with Gasteiger partial charge in [0, 0.05) is 6.92 Å². The van der Waals surface area contributed by atoms with E-state index in [0.29, 0.717) is 0 Å². The second-order valence-corrected chi connectivity index (χ2v) is 19.9. The van der Waals surface area contributed by atoms with Gasteiger partial charge in [-0.05, 0) is 72.8 Å². The Bertz CT molecular complexity index is 3100.